The largest absolute Gasteiger partial charge is 0.309 e. The molecule has 0 aromatic rings. The third kappa shape index (κ3) is 5.40. The third-order valence-electron chi connectivity index (χ3n) is 4.16. The van der Waals surface area contributed by atoms with Gasteiger partial charge in [-0.05, 0) is 71.9 Å². The summed E-state index contributed by atoms with van der Waals surface area (Å²) in [5, 5.41) is 13.3. The predicted molar refractivity (Wildman–Crippen MR) is 84.6 cm³/mol. The second-order valence-electron chi connectivity index (χ2n) is 6.31. The zero-order valence-electron chi connectivity index (χ0n) is 13.8. The molecule has 116 valence electrons. The Labute approximate surface area is 125 Å². The number of likely N-dealkylation sites (N-methyl/N-ethyl adjacent to an activating group) is 1. The van der Waals surface area contributed by atoms with Crippen molar-refractivity contribution >= 4 is 0 Å². The van der Waals surface area contributed by atoms with E-state index in [4.69, 9.17) is 0 Å². The monoisotopic (exact) mass is 280 g/mol. The van der Waals surface area contributed by atoms with E-state index in [1.54, 1.807) is 0 Å². The van der Waals surface area contributed by atoms with Gasteiger partial charge in [-0.3, -0.25) is 5.32 Å². The normalized spacial score (nSPS) is 18.2. The molecule has 0 amide bonds. The molecule has 0 aliphatic heterocycles. The van der Waals surface area contributed by atoms with Gasteiger partial charge in [-0.25, -0.2) is 0 Å². The van der Waals surface area contributed by atoms with Gasteiger partial charge in [-0.1, -0.05) is 13.8 Å². The highest BCUT2D eigenvalue weighted by Gasteiger charge is 2.46. The summed E-state index contributed by atoms with van der Waals surface area (Å²) >= 11 is 0. The average molecular weight is 280 g/mol. The van der Waals surface area contributed by atoms with E-state index in [1.807, 2.05) is 0 Å². The summed E-state index contributed by atoms with van der Waals surface area (Å²) in [6, 6.07) is 2.61. The van der Waals surface area contributed by atoms with E-state index in [2.05, 4.69) is 49.1 Å². The summed E-state index contributed by atoms with van der Waals surface area (Å²) in [7, 11) is 4.23. The van der Waals surface area contributed by atoms with Crippen molar-refractivity contribution in [3.05, 3.63) is 0 Å². The van der Waals surface area contributed by atoms with Crippen LogP contribution in [0, 0.1) is 17.2 Å². The zero-order chi connectivity index (χ0) is 15.0. The molecule has 20 heavy (non-hydrogen) atoms. The van der Waals surface area contributed by atoms with Gasteiger partial charge in [0.05, 0.1) is 6.07 Å². The van der Waals surface area contributed by atoms with Crippen LogP contribution in [0.5, 0.6) is 0 Å². The van der Waals surface area contributed by atoms with Crippen LogP contribution in [0.4, 0.5) is 0 Å². The van der Waals surface area contributed by atoms with Crippen molar-refractivity contribution in [2.45, 2.75) is 45.1 Å². The lowest BCUT2D eigenvalue weighted by atomic mass is 9.93. The number of hydrogen-bond acceptors (Lipinski definition) is 4. The molecule has 0 spiro atoms. The summed E-state index contributed by atoms with van der Waals surface area (Å²) in [5.41, 5.74) is -0.315. The van der Waals surface area contributed by atoms with Crippen molar-refractivity contribution in [2.24, 2.45) is 5.92 Å². The molecule has 0 aromatic heterocycles. The van der Waals surface area contributed by atoms with Gasteiger partial charge in [0.2, 0.25) is 0 Å². The molecule has 1 N–H and O–H groups in total. The van der Waals surface area contributed by atoms with E-state index >= 15 is 0 Å². The molecule has 1 fully saturated rings. The van der Waals surface area contributed by atoms with Gasteiger partial charge in [0.25, 0.3) is 0 Å². The van der Waals surface area contributed by atoms with Crippen molar-refractivity contribution in [3.8, 4) is 6.07 Å². The zero-order valence-corrected chi connectivity index (χ0v) is 13.8. The second-order valence-corrected chi connectivity index (χ2v) is 6.31. The molecule has 1 aliphatic rings. The Bertz CT molecular complexity index is 306. The lowest BCUT2D eigenvalue weighted by molar-refractivity contribution is 0.195. The van der Waals surface area contributed by atoms with Crippen LogP contribution in [-0.2, 0) is 0 Å². The Balaban J connectivity index is 2.54. The van der Waals surface area contributed by atoms with Gasteiger partial charge in [-0.2, -0.15) is 5.26 Å². The topological polar surface area (TPSA) is 42.3 Å². The fourth-order valence-corrected chi connectivity index (χ4v) is 2.73. The van der Waals surface area contributed by atoms with Crippen LogP contribution in [0.1, 0.15) is 39.5 Å². The maximum Gasteiger partial charge on any atom is 0.122 e. The first kappa shape index (κ1) is 17.4. The maximum absolute atomic E-state index is 9.72. The molecule has 4 heteroatoms. The molecule has 0 bridgehead atoms. The van der Waals surface area contributed by atoms with E-state index < -0.39 is 0 Å². The lowest BCUT2D eigenvalue weighted by Crippen LogP contribution is -2.55. The molecule has 1 aliphatic carbocycles. The molecule has 0 aromatic carbocycles. The van der Waals surface area contributed by atoms with Gasteiger partial charge in [0.1, 0.15) is 5.54 Å². The summed E-state index contributed by atoms with van der Waals surface area (Å²) in [6.45, 7) is 9.40. The van der Waals surface area contributed by atoms with Crippen LogP contribution in [0.2, 0.25) is 0 Å². The number of nitrogens with zero attached hydrogens (tertiary/aromatic N) is 3. The van der Waals surface area contributed by atoms with E-state index in [-0.39, 0.29) is 5.54 Å². The summed E-state index contributed by atoms with van der Waals surface area (Å²) in [6.07, 6.45) is 4.67. The fraction of sp³-hybridized carbons (Fsp3) is 0.938. The Morgan fingerprint density at radius 2 is 1.95 bits per heavy atom. The van der Waals surface area contributed by atoms with Crippen molar-refractivity contribution in [3.63, 3.8) is 0 Å². The first-order valence-electron chi connectivity index (χ1n) is 8.11. The molecule has 0 radical (unpaired) electrons. The minimum atomic E-state index is -0.315. The van der Waals surface area contributed by atoms with Gasteiger partial charge in [-0.15, -0.1) is 0 Å². The number of nitriles is 1. The first-order chi connectivity index (χ1) is 9.57. The standard InChI is InChI=1S/C16H32N4/c1-5-10-18-16(13-17,15-8-9-15)14-20(6-2)12-7-11-19(3)4/h15,18H,5-12,14H2,1-4H3. The third-order valence-corrected chi connectivity index (χ3v) is 4.16. The van der Waals surface area contributed by atoms with Gasteiger partial charge < -0.3 is 9.80 Å². The smallest absolute Gasteiger partial charge is 0.122 e. The molecule has 0 saturated heterocycles. The van der Waals surface area contributed by atoms with Crippen LogP contribution in [0.25, 0.3) is 0 Å². The predicted octanol–water partition coefficient (Wildman–Crippen LogP) is 1.93. The van der Waals surface area contributed by atoms with Crippen LogP contribution in [0.15, 0.2) is 0 Å². The van der Waals surface area contributed by atoms with E-state index in [9.17, 15) is 5.26 Å². The van der Waals surface area contributed by atoms with Crippen LogP contribution < -0.4 is 5.32 Å². The molecule has 0 heterocycles. The quantitative estimate of drug-likeness (QED) is 0.628. The summed E-state index contributed by atoms with van der Waals surface area (Å²) in [4.78, 5) is 4.66. The van der Waals surface area contributed by atoms with Gasteiger partial charge in [0.15, 0.2) is 0 Å². The highest BCUT2D eigenvalue weighted by molar-refractivity contribution is 5.16. The minimum absolute atomic E-state index is 0.315. The Hall–Kier alpha value is -0.630. The van der Waals surface area contributed by atoms with Crippen molar-refractivity contribution in [1.29, 1.82) is 5.26 Å². The maximum atomic E-state index is 9.72. The number of nitrogens with one attached hydrogen (secondary N) is 1. The van der Waals surface area contributed by atoms with Gasteiger partial charge in [0, 0.05) is 6.54 Å². The molecule has 1 atom stereocenters. The second kappa shape index (κ2) is 8.61. The minimum Gasteiger partial charge on any atom is -0.309 e. The number of rotatable bonds is 11. The Morgan fingerprint density at radius 3 is 2.40 bits per heavy atom. The summed E-state index contributed by atoms with van der Waals surface area (Å²) < 4.78 is 0. The van der Waals surface area contributed by atoms with Crippen LogP contribution >= 0.6 is 0 Å². The van der Waals surface area contributed by atoms with E-state index in [1.165, 1.54) is 19.3 Å². The Kier molecular flexibility index (Phi) is 7.50. The number of hydrogen-bond donors (Lipinski definition) is 1. The summed E-state index contributed by atoms with van der Waals surface area (Å²) in [5.74, 6) is 0.557. The van der Waals surface area contributed by atoms with Crippen molar-refractivity contribution in [2.75, 3.05) is 46.8 Å². The highest BCUT2D eigenvalue weighted by atomic mass is 15.2. The van der Waals surface area contributed by atoms with Crippen molar-refractivity contribution in [1.82, 2.24) is 15.1 Å². The first-order valence-corrected chi connectivity index (χ1v) is 8.11. The van der Waals surface area contributed by atoms with E-state index in [0.717, 1.165) is 39.1 Å². The fourth-order valence-electron chi connectivity index (χ4n) is 2.73. The molecule has 4 nitrogen and oxygen atoms in total. The SMILES string of the molecule is CCCNC(C#N)(CN(CC)CCCN(C)C)C1CC1. The van der Waals surface area contributed by atoms with Crippen LogP contribution in [0.3, 0.4) is 0 Å². The van der Waals surface area contributed by atoms with E-state index in [0.29, 0.717) is 5.92 Å². The average Bonchev–Trinajstić information content (AvgIpc) is 3.26. The molecule has 1 saturated carbocycles. The van der Waals surface area contributed by atoms with Gasteiger partial charge >= 0.3 is 0 Å². The van der Waals surface area contributed by atoms with Crippen molar-refractivity contribution < 1.29 is 0 Å². The lowest BCUT2D eigenvalue weighted by Gasteiger charge is -2.34. The molecular formula is C16H32N4. The Morgan fingerprint density at radius 1 is 1.25 bits per heavy atom. The molecule has 1 rings (SSSR count). The van der Waals surface area contributed by atoms with Crippen LogP contribution in [-0.4, -0.2) is 62.2 Å². The molecule has 1 unspecified atom stereocenters. The molecular weight excluding hydrogens is 248 g/mol. The highest BCUT2D eigenvalue weighted by Crippen LogP contribution is 2.40.